The van der Waals surface area contributed by atoms with Crippen molar-refractivity contribution < 1.29 is 26.7 Å². The van der Waals surface area contributed by atoms with Crippen LogP contribution in [0.1, 0.15) is 24.0 Å². The van der Waals surface area contributed by atoms with Crippen molar-refractivity contribution in [1.29, 1.82) is 0 Å². The van der Waals surface area contributed by atoms with E-state index in [1.54, 1.807) is 6.92 Å². The summed E-state index contributed by atoms with van der Waals surface area (Å²) in [6.45, 7) is 3.14. The van der Waals surface area contributed by atoms with Gasteiger partial charge in [-0.3, -0.25) is 4.79 Å². The molecule has 0 saturated carbocycles. The Morgan fingerprint density at radius 2 is 1.74 bits per heavy atom. The lowest BCUT2D eigenvalue weighted by Gasteiger charge is -2.23. The third-order valence-corrected chi connectivity index (χ3v) is 7.19. The molecule has 0 aliphatic carbocycles. The molecule has 128 valence electrons. The molecule has 0 bridgehead atoms. The smallest absolute Gasteiger partial charge is 0.322 e. The van der Waals surface area contributed by atoms with Crippen LogP contribution in [0.15, 0.2) is 21.9 Å². The van der Waals surface area contributed by atoms with Crippen molar-refractivity contribution in [1.82, 2.24) is 4.31 Å². The molecule has 1 fully saturated rings. The Morgan fingerprint density at radius 3 is 2.26 bits per heavy atom. The third kappa shape index (κ3) is 3.26. The number of aliphatic carboxylic acids is 1. The van der Waals surface area contributed by atoms with Gasteiger partial charge in [0.15, 0.2) is 9.84 Å². The first-order valence-corrected chi connectivity index (χ1v) is 10.4. The fourth-order valence-corrected chi connectivity index (χ4v) is 5.96. The minimum Gasteiger partial charge on any atom is -0.480 e. The second-order valence-electron chi connectivity index (χ2n) is 5.77. The molecule has 1 aromatic carbocycles. The molecular formula is C14H19NO6S2. The molecule has 1 aliphatic rings. The monoisotopic (exact) mass is 361 g/mol. The molecule has 1 aliphatic heterocycles. The molecule has 9 heteroatoms. The molecule has 0 unspecified atom stereocenters. The maximum absolute atomic E-state index is 12.9. The Balaban J connectivity index is 2.66. The average molecular weight is 361 g/mol. The Hall–Kier alpha value is -1.45. The third-order valence-electron chi connectivity index (χ3n) is 3.93. The lowest BCUT2D eigenvalue weighted by Crippen LogP contribution is -2.40. The van der Waals surface area contributed by atoms with Crippen molar-refractivity contribution in [3.8, 4) is 0 Å². The number of carboxylic acid groups (broad SMARTS) is 1. The standard InChI is InChI=1S/C14H19NO6S2/c1-9-7-12(22(3,18)19)10(2)13(8-9)23(20,21)15-6-4-5-11(15)14(16)17/h7-8,11H,4-6H2,1-3H3,(H,16,17)/t11-/m0/s1. The maximum Gasteiger partial charge on any atom is 0.322 e. The van der Waals surface area contributed by atoms with Gasteiger partial charge < -0.3 is 5.11 Å². The predicted molar refractivity (Wildman–Crippen MR) is 83.6 cm³/mol. The number of hydrogen-bond acceptors (Lipinski definition) is 5. The van der Waals surface area contributed by atoms with Crippen LogP contribution in [0.25, 0.3) is 0 Å². The highest BCUT2D eigenvalue weighted by atomic mass is 32.2. The van der Waals surface area contributed by atoms with E-state index in [0.29, 0.717) is 12.0 Å². The SMILES string of the molecule is Cc1cc(S(C)(=O)=O)c(C)c(S(=O)(=O)N2CCC[C@H]2C(=O)O)c1. The summed E-state index contributed by atoms with van der Waals surface area (Å²) in [6.07, 6.45) is 1.72. The van der Waals surface area contributed by atoms with Gasteiger partial charge in [-0.25, -0.2) is 16.8 Å². The first kappa shape index (κ1) is 17.9. The van der Waals surface area contributed by atoms with E-state index in [4.69, 9.17) is 0 Å². The Morgan fingerprint density at radius 1 is 1.17 bits per heavy atom. The number of benzene rings is 1. The van der Waals surface area contributed by atoms with Crippen LogP contribution in [0.4, 0.5) is 0 Å². The number of hydrogen-bond donors (Lipinski definition) is 1. The molecule has 0 aromatic heterocycles. The Labute approximate surface area is 135 Å². The summed E-state index contributed by atoms with van der Waals surface area (Å²) < 4.78 is 50.4. The van der Waals surface area contributed by atoms with Gasteiger partial charge in [-0.2, -0.15) is 4.31 Å². The van der Waals surface area contributed by atoms with Crippen LogP contribution in [0, 0.1) is 13.8 Å². The molecular weight excluding hydrogens is 342 g/mol. The topological polar surface area (TPSA) is 109 Å². The molecule has 0 amide bonds. The molecule has 0 spiro atoms. The van der Waals surface area contributed by atoms with Crippen LogP contribution in [-0.2, 0) is 24.7 Å². The highest BCUT2D eigenvalue weighted by molar-refractivity contribution is 7.91. The van der Waals surface area contributed by atoms with Gasteiger partial charge in [-0.15, -0.1) is 0 Å². The second kappa shape index (κ2) is 5.88. The molecule has 1 heterocycles. The number of rotatable bonds is 4. The van der Waals surface area contributed by atoms with E-state index in [1.165, 1.54) is 19.1 Å². The molecule has 7 nitrogen and oxygen atoms in total. The summed E-state index contributed by atoms with van der Waals surface area (Å²) in [5.74, 6) is -1.19. The van der Waals surface area contributed by atoms with Crippen LogP contribution in [-0.4, -0.2) is 51.1 Å². The van der Waals surface area contributed by atoms with Crippen molar-refractivity contribution >= 4 is 25.8 Å². The Bertz CT molecular complexity index is 857. The van der Waals surface area contributed by atoms with E-state index in [-0.39, 0.29) is 28.3 Å². The summed E-state index contributed by atoms with van der Waals surface area (Å²) in [7, 11) is -7.67. The molecule has 0 radical (unpaired) electrons. The van der Waals surface area contributed by atoms with Crippen LogP contribution in [0.5, 0.6) is 0 Å². The number of sulfonamides is 1. The first-order chi connectivity index (χ1) is 10.5. The molecule has 2 rings (SSSR count). The van der Waals surface area contributed by atoms with Gasteiger partial charge in [-0.05, 0) is 49.9 Å². The maximum atomic E-state index is 12.9. The number of carbonyl (C=O) groups is 1. The second-order valence-corrected chi connectivity index (χ2v) is 9.61. The van der Waals surface area contributed by atoms with Crippen LogP contribution in [0.3, 0.4) is 0 Å². The van der Waals surface area contributed by atoms with Gasteiger partial charge >= 0.3 is 5.97 Å². The van der Waals surface area contributed by atoms with Gasteiger partial charge in [0.1, 0.15) is 6.04 Å². The van der Waals surface area contributed by atoms with Crippen LogP contribution < -0.4 is 0 Å². The van der Waals surface area contributed by atoms with Crippen molar-refractivity contribution in [3.05, 3.63) is 23.3 Å². The van der Waals surface area contributed by atoms with E-state index in [9.17, 15) is 26.7 Å². The fourth-order valence-electron chi connectivity index (χ4n) is 2.85. The zero-order chi connectivity index (χ0) is 17.6. The first-order valence-electron chi connectivity index (χ1n) is 7.02. The van der Waals surface area contributed by atoms with Gasteiger partial charge in [0.25, 0.3) is 0 Å². The summed E-state index contributed by atoms with van der Waals surface area (Å²) in [5.41, 5.74) is 0.606. The summed E-state index contributed by atoms with van der Waals surface area (Å²) >= 11 is 0. The van der Waals surface area contributed by atoms with E-state index in [2.05, 4.69) is 0 Å². The van der Waals surface area contributed by atoms with Gasteiger partial charge in [0.05, 0.1) is 9.79 Å². The van der Waals surface area contributed by atoms with Gasteiger partial charge in [-0.1, -0.05) is 0 Å². The predicted octanol–water partition coefficient (Wildman–Crippen LogP) is 0.945. The van der Waals surface area contributed by atoms with Crippen molar-refractivity contribution in [2.24, 2.45) is 0 Å². The van der Waals surface area contributed by atoms with Crippen molar-refractivity contribution in [2.75, 3.05) is 12.8 Å². The average Bonchev–Trinajstić information content (AvgIpc) is 2.89. The molecule has 1 saturated heterocycles. The number of nitrogens with zero attached hydrogens (tertiary/aromatic N) is 1. The van der Waals surface area contributed by atoms with Crippen LogP contribution >= 0.6 is 0 Å². The van der Waals surface area contributed by atoms with Crippen molar-refractivity contribution in [2.45, 2.75) is 42.5 Å². The largest absolute Gasteiger partial charge is 0.480 e. The summed E-state index contributed by atoms with van der Waals surface area (Å²) in [4.78, 5) is 11.1. The minimum atomic E-state index is -4.08. The van der Waals surface area contributed by atoms with Gasteiger partial charge in [0.2, 0.25) is 10.0 Å². The molecule has 1 aromatic rings. The highest BCUT2D eigenvalue weighted by Gasteiger charge is 2.40. The number of sulfone groups is 1. The number of aryl methyl sites for hydroxylation is 1. The quantitative estimate of drug-likeness (QED) is 0.855. The fraction of sp³-hybridized carbons (Fsp3) is 0.500. The molecule has 1 atom stereocenters. The van der Waals surface area contributed by atoms with E-state index >= 15 is 0 Å². The van der Waals surface area contributed by atoms with Crippen molar-refractivity contribution in [3.63, 3.8) is 0 Å². The normalized spacial score (nSPS) is 19.9. The Kier molecular flexibility index (Phi) is 4.57. The summed E-state index contributed by atoms with van der Waals surface area (Å²) in [6, 6.07) is 1.69. The lowest BCUT2D eigenvalue weighted by atomic mass is 10.2. The zero-order valence-corrected chi connectivity index (χ0v) is 14.7. The summed E-state index contributed by atoms with van der Waals surface area (Å²) in [5, 5.41) is 9.20. The van der Waals surface area contributed by atoms with E-state index in [0.717, 1.165) is 10.6 Å². The highest BCUT2D eigenvalue weighted by Crippen LogP contribution is 2.31. The molecule has 1 N–H and O–H groups in total. The number of carboxylic acids is 1. The minimum absolute atomic E-state index is 0.0536. The zero-order valence-electron chi connectivity index (χ0n) is 13.1. The van der Waals surface area contributed by atoms with E-state index < -0.39 is 31.9 Å². The lowest BCUT2D eigenvalue weighted by molar-refractivity contribution is -0.140. The van der Waals surface area contributed by atoms with Crippen LogP contribution in [0.2, 0.25) is 0 Å². The van der Waals surface area contributed by atoms with Gasteiger partial charge in [0, 0.05) is 12.8 Å². The van der Waals surface area contributed by atoms with E-state index in [1.807, 2.05) is 0 Å². The molecule has 23 heavy (non-hydrogen) atoms.